The summed E-state index contributed by atoms with van der Waals surface area (Å²) in [7, 11) is 0. The second-order valence-electron chi connectivity index (χ2n) is 4.56. The molecule has 0 aliphatic rings. The second-order valence-corrected chi connectivity index (χ2v) is 4.96. The van der Waals surface area contributed by atoms with Crippen molar-refractivity contribution in [1.82, 2.24) is 0 Å². The van der Waals surface area contributed by atoms with Gasteiger partial charge in [-0.3, -0.25) is 9.59 Å². The van der Waals surface area contributed by atoms with E-state index in [2.05, 4.69) is 10.6 Å². The van der Waals surface area contributed by atoms with E-state index >= 15 is 0 Å². The van der Waals surface area contributed by atoms with E-state index in [1.165, 1.54) is 18.6 Å². The van der Waals surface area contributed by atoms with Crippen molar-refractivity contribution in [3.05, 3.63) is 71.5 Å². The predicted octanol–water partition coefficient (Wildman–Crippen LogP) is 4.03. The Kier molecular flexibility index (Phi) is 4.16. The zero-order chi connectivity index (χ0) is 16.2. The van der Waals surface area contributed by atoms with Gasteiger partial charge in [0.1, 0.15) is 0 Å². The number of anilines is 2. The Morgan fingerprint density at radius 3 is 2.00 bits per heavy atom. The van der Waals surface area contributed by atoms with Crippen LogP contribution in [-0.4, -0.2) is 11.8 Å². The third kappa shape index (κ3) is 3.44. The summed E-state index contributed by atoms with van der Waals surface area (Å²) in [4.78, 5) is 23.8. The van der Waals surface area contributed by atoms with Gasteiger partial charge >= 0.3 is 0 Å². The average molecular weight is 331 g/mol. The Labute approximate surface area is 136 Å². The molecule has 0 saturated carbocycles. The van der Waals surface area contributed by atoms with Crippen molar-refractivity contribution < 1.29 is 18.4 Å². The van der Waals surface area contributed by atoms with Crippen LogP contribution in [0.3, 0.4) is 0 Å². The highest BCUT2D eigenvalue weighted by molar-refractivity contribution is 6.34. The number of carbonyl (C=O) groups excluding carboxylic acids is 2. The Morgan fingerprint density at radius 1 is 0.870 bits per heavy atom. The highest BCUT2D eigenvalue weighted by Gasteiger charge is 2.13. The molecule has 2 heterocycles. The second kappa shape index (κ2) is 6.41. The zero-order valence-electron chi connectivity index (χ0n) is 11.7. The first-order chi connectivity index (χ1) is 11.1. The van der Waals surface area contributed by atoms with Gasteiger partial charge < -0.3 is 19.5 Å². The van der Waals surface area contributed by atoms with Crippen LogP contribution in [0.25, 0.3) is 0 Å². The van der Waals surface area contributed by atoms with E-state index in [0.717, 1.165) is 0 Å². The van der Waals surface area contributed by atoms with Crippen LogP contribution in [0.5, 0.6) is 0 Å². The maximum atomic E-state index is 11.9. The molecule has 0 aliphatic heterocycles. The van der Waals surface area contributed by atoms with Crippen molar-refractivity contribution in [2.75, 3.05) is 10.6 Å². The first-order valence-electron chi connectivity index (χ1n) is 6.63. The summed E-state index contributed by atoms with van der Waals surface area (Å²) in [5.74, 6) is -0.435. The molecular formula is C16H11ClN2O4. The Balaban J connectivity index is 1.71. The van der Waals surface area contributed by atoms with Crippen molar-refractivity contribution >= 4 is 34.8 Å². The van der Waals surface area contributed by atoms with Gasteiger partial charge in [-0.15, -0.1) is 0 Å². The smallest absolute Gasteiger partial charge is 0.291 e. The largest absolute Gasteiger partial charge is 0.459 e. The Hall–Kier alpha value is -2.99. The fraction of sp³-hybridized carbons (Fsp3) is 0. The lowest BCUT2D eigenvalue weighted by molar-refractivity contribution is 0.0989. The summed E-state index contributed by atoms with van der Waals surface area (Å²) in [6, 6.07) is 11.1. The van der Waals surface area contributed by atoms with Crippen LogP contribution in [0.2, 0.25) is 5.02 Å². The normalized spacial score (nSPS) is 10.3. The van der Waals surface area contributed by atoms with Crippen molar-refractivity contribution in [1.29, 1.82) is 0 Å². The average Bonchev–Trinajstić information content (AvgIpc) is 3.23. The van der Waals surface area contributed by atoms with Gasteiger partial charge in [-0.1, -0.05) is 11.6 Å². The molecule has 0 aliphatic carbocycles. The maximum Gasteiger partial charge on any atom is 0.291 e. The number of benzene rings is 1. The van der Waals surface area contributed by atoms with Crippen LogP contribution in [0, 0.1) is 0 Å². The molecule has 0 unspecified atom stereocenters. The monoisotopic (exact) mass is 330 g/mol. The molecule has 0 fully saturated rings. The number of hydrogen-bond donors (Lipinski definition) is 2. The van der Waals surface area contributed by atoms with Gasteiger partial charge in [-0.25, -0.2) is 0 Å². The summed E-state index contributed by atoms with van der Waals surface area (Å²) in [5.41, 5.74) is 0.886. The number of amides is 2. The molecule has 116 valence electrons. The zero-order valence-corrected chi connectivity index (χ0v) is 12.5. The number of furan rings is 2. The van der Waals surface area contributed by atoms with Crippen LogP contribution in [0.15, 0.2) is 63.8 Å². The summed E-state index contributed by atoms with van der Waals surface area (Å²) in [5, 5.41) is 5.55. The molecule has 3 rings (SSSR count). The molecule has 0 saturated heterocycles. The minimum absolute atomic E-state index is 0.177. The number of rotatable bonds is 4. The van der Waals surface area contributed by atoms with Crippen LogP contribution < -0.4 is 10.6 Å². The number of nitrogens with one attached hydrogen (secondary N) is 2. The molecular weight excluding hydrogens is 320 g/mol. The van der Waals surface area contributed by atoms with E-state index < -0.39 is 11.8 Å². The minimum atomic E-state index is -0.413. The molecule has 0 bridgehead atoms. The van der Waals surface area contributed by atoms with Crippen LogP contribution in [-0.2, 0) is 0 Å². The molecule has 2 N–H and O–H groups in total. The van der Waals surface area contributed by atoms with Crippen molar-refractivity contribution in [2.45, 2.75) is 0 Å². The quantitative estimate of drug-likeness (QED) is 0.756. The number of halogens is 1. The fourth-order valence-electron chi connectivity index (χ4n) is 1.89. The molecule has 2 aromatic heterocycles. The van der Waals surface area contributed by atoms with E-state index in [-0.39, 0.29) is 16.5 Å². The Morgan fingerprint density at radius 2 is 1.48 bits per heavy atom. The van der Waals surface area contributed by atoms with Crippen molar-refractivity contribution in [3.8, 4) is 0 Å². The SMILES string of the molecule is O=C(Nc1ccc(NC(=O)c2ccco2)c(Cl)c1)c1ccco1. The third-order valence-corrected chi connectivity index (χ3v) is 3.28. The summed E-state index contributed by atoms with van der Waals surface area (Å²) in [6.07, 6.45) is 2.82. The van der Waals surface area contributed by atoms with Gasteiger partial charge in [-0.2, -0.15) is 0 Å². The number of hydrogen-bond acceptors (Lipinski definition) is 4. The molecule has 1 aromatic carbocycles. The number of carbonyl (C=O) groups is 2. The molecule has 7 heteroatoms. The molecule has 6 nitrogen and oxygen atoms in total. The van der Waals surface area contributed by atoms with Gasteiger partial charge in [0.25, 0.3) is 11.8 Å². The molecule has 2 amide bonds. The van der Waals surface area contributed by atoms with Gasteiger partial charge in [0.15, 0.2) is 11.5 Å². The summed E-state index contributed by atoms with van der Waals surface area (Å²) < 4.78 is 10.0. The predicted molar refractivity (Wildman–Crippen MR) is 84.8 cm³/mol. The summed E-state index contributed by atoms with van der Waals surface area (Å²) in [6.45, 7) is 0. The molecule has 23 heavy (non-hydrogen) atoms. The molecule has 0 atom stereocenters. The van der Waals surface area contributed by atoms with E-state index in [9.17, 15) is 9.59 Å². The van der Waals surface area contributed by atoms with Gasteiger partial charge in [0, 0.05) is 5.69 Å². The third-order valence-electron chi connectivity index (χ3n) is 2.97. The first kappa shape index (κ1) is 14.9. The van der Waals surface area contributed by atoms with E-state index in [0.29, 0.717) is 11.4 Å². The van der Waals surface area contributed by atoms with Crippen LogP contribution >= 0.6 is 11.6 Å². The van der Waals surface area contributed by atoms with E-state index in [1.807, 2.05) is 0 Å². The maximum absolute atomic E-state index is 11.9. The minimum Gasteiger partial charge on any atom is -0.459 e. The van der Waals surface area contributed by atoms with E-state index in [1.54, 1.807) is 36.4 Å². The van der Waals surface area contributed by atoms with E-state index in [4.69, 9.17) is 20.4 Å². The lowest BCUT2D eigenvalue weighted by Crippen LogP contribution is -2.12. The first-order valence-corrected chi connectivity index (χ1v) is 7.00. The van der Waals surface area contributed by atoms with Gasteiger partial charge in [0.05, 0.1) is 23.2 Å². The van der Waals surface area contributed by atoms with Gasteiger partial charge in [-0.05, 0) is 42.5 Å². The highest BCUT2D eigenvalue weighted by Crippen LogP contribution is 2.26. The van der Waals surface area contributed by atoms with Crippen LogP contribution in [0.4, 0.5) is 11.4 Å². The topological polar surface area (TPSA) is 84.5 Å². The Bertz CT molecular complexity index is 826. The lowest BCUT2D eigenvalue weighted by Gasteiger charge is -2.08. The molecule has 3 aromatic rings. The fourth-order valence-corrected chi connectivity index (χ4v) is 2.11. The standard InChI is InChI=1S/C16H11ClN2O4/c17-11-9-10(18-15(20)13-3-1-7-22-13)5-6-12(11)19-16(21)14-4-2-8-23-14/h1-9H,(H,18,20)(H,19,21). The van der Waals surface area contributed by atoms with Crippen molar-refractivity contribution in [2.24, 2.45) is 0 Å². The van der Waals surface area contributed by atoms with Crippen LogP contribution in [0.1, 0.15) is 21.1 Å². The highest BCUT2D eigenvalue weighted by atomic mass is 35.5. The summed E-state index contributed by atoms with van der Waals surface area (Å²) >= 11 is 6.12. The molecule has 0 radical (unpaired) electrons. The van der Waals surface area contributed by atoms with Gasteiger partial charge in [0.2, 0.25) is 0 Å². The van der Waals surface area contributed by atoms with Crippen molar-refractivity contribution in [3.63, 3.8) is 0 Å². The lowest BCUT2D eigenvalue weighted by atomic mass is 10.2. The molecule has 0 spiro atoms.